The molecule has 0 amide bonds. The Balaban J connectivity index is 2.39. The molecule has 0 spiro atoms. The smallest absolute Gasteiger partial charge is 0.453 e. The number of esters is 1. The number of nitrogens with zero attached hydrogens (tertiary/aromatic N) is 2. The Labute approximate surface area is 124 Å². The molecule has 21 heavy (non-hydrogen) atoms. The molecule has 0 fully saturated rings. The van der Waals surface area contributed by atoms with E-state index >= 15 is 0 Å². The standard InChI is InChI=1S/C16H13N2O2S/c1-2-20-16(19)15(18-17)21-13-9-5-3-7-11(13)12-8-4-6-10-14(12)21/h3-10H,2H2,1H3/q+1. The summed E-state index contributed by atoms with van der Waals surface area (Å²) < 4.78 is 6.99. The van der Waals surface area contributed by atoms with Crippen molar-refractivity contribution in [3.63, 3.8) is 0 Å². The van der Waals surface area contributed by atoms with Crippen molar-refractivity contribution in [2.24, 2.45) is 0 Å². The fraction of sp³-hybridized carbons (Fsp3) is 0.125. The van der Waals surface area contributed by atoms with Crippen LogP contribution in [0.25, 0.3) is 25.7 Å². The van der Waals surface area contributed by atoms with Crippen molar-refractivity contribution in [1.29, 1.82) is 0 Å². The van der Waals surface area contributed by atoms with Gasteiger partial charge in [0.1, 0.15) is 10.5 Å². The van der Waals surface area contributed by atoms with E-state index in [1.807, 2.05) is 48.5 Å². The normalized spacial score (nSPS) is 10.5. The topological polar surface area (TPSA) is 62.7 Å². The molecule has 0 saturated carbocycles. The van der Waals surface area contributed by atoms with Gasteiger partial charge >= 0.3 is 11.0 Å². The van der Waals surface area contributed by atoms with Gasteiger partial charge in [-0.25, -0.2) is 4.79 Å². The van der Waals surface area contributed by atoms with Gasteiger partial charge in [0.05, 0.1) is 6.61 Å². The second-order valence-corrected chi connectivity index (χ2v) is 6.30. The van der Waals surface area contributed by atoms with Crippen LogP contribution in [0.4, 0.5) is 0 Å². The van der Waals surface area contributed by atoms with Gasteiger partial charge in [-0.15, -0.1) is 0 Å². The molecule has 1 aromatic heterocycles. The zero-order chi connectivity index (χ0) is 14.8. The van der Waals surface area contributed by atoms with Crippen LogP contribution in [0.1, 0.15) is 6.92 Å². The van der Waals surface area contributed by atoms with E-state index in [4.69, 9.17) is 4.74 Å². The largest absolute Gasteiger partial charge is 0.597 e. The molecule has 0 radical (unpaired) electrons. The van der Waals surface area contributed by atoms with E-state index in [9.17, 15) is 10.3 Å². The summed E-state index contributed by atoms with van der Waals surface area (Å²) in [4.78, 5) is 15.3. The van der Waals surface area contributed by atoms with Gasteiger partial charge in [-0.1, -0.05) is 29.1 Å². The minimum Gasteiger partial charge on any atom is -0.453 e. The second kappa shape index (κ2) is 5.48. The van der Waals surface area contributed by atoms with Crippen molar-refractivity contribution < 1.29 is 14.3 Å². The minimum absolute atomic E-state index is 0.0502. The lowest BCUT2D eigenvalue weighted by atomic mass is 10.2. The third kappa shape index (κ3) is 2.13. The molecule has 3 aromatic rings. The summed E-state index contributed by atoms with van der Waals surface area (Å²) >= 11 is 0. The molecule has 5 heteroatoms. The summed E-state index contributed by atoms with van der Waals surface area (Å²) in [7, 11) is -0.721. The number of hydrogen-bond acceptors (Lipinski definition) is 2. The number of thiophene rings is 1. The van der Waals surface area contributed by atoms with E-state index in [2.05, 4.69) is 4.79 Å². The third-order valence-electron chi connectivity index (χ3n) is 3.24. The average Bonchev–Trinajstić information content (AvgIpc) is 2.84. The van der Waals surface area contributed by atoms with Crippen molar-refractivity contribution in [2.75, 3.05) is 6.61 Å². The molecule has 0 atom stereocenters. The number of carbonyl (C=O) groups is 1. The average molecular weight is 297 g/mol. The molecule has 0 aliphatic rings. The number of rotatable bonds is 3. The maximum atomic E-state index is 12.1. The summed E-state index contributed by atoms with van der Waals surface area (Å²) in [6.07, 6.45) is 0. The van der Waals surface area contributed by atoms with Crippen LogP contribution in [0.3, 0.4) is 0 Å². The molecular formula is C16H13N2O2S+. The van der Waals surface area contributed by atoms with Gasteiger partial charge in [-0.3, -0.25) is 0 Å². The van der Waals surface area contributed by atoms with E-state index in [0.29, 0.717) is 0 Å². The Morgan fingerprint density at radius 3 is 2.10 bits per heavy atom. The highest BCUT2D eigenvalue weighted by Gasteiger charge is 2.40. The lowest BCUT2D eigenvalue weighted by Gasteiger charge is -1.92. The first-order valence-corrected chi connectivity index (χ1v) is 7.82. The van der Waals surface area contributed by atoms with E-state index < -0.39 is 16.4 Å². The lowest BCUT2D eigenvalue weighted by molar-refractivity contribution is -0.138. The van der Waals surface area contributed by atoms with E-state index in [1.54, 1.807) is 6.92 Å². The fourth-order valence-electron chi connectivity index (χ4n) is 2.42. The molecule has 0 aliphatic carbocycles. The van der Waals surface area contributed by atoms with Gasteiger partial charge in [-0.05, 0) is 31.2 Å². The zero-order valence-electron chi connectivity index (χ0n) is 11.4. The number of fused-ring (bicyclic) bond motifs is 3. The SMILES string of the molecule is CCOC(=O)C(=[N+]=[N-])[s+]1c2ccccc2c2ccccc21. The molecule has 0 saturated heterocycles. The summed E-state index contributed by atoms with van der Waals surface area (Å²) in [5.74, 6) is -0.574. The molecule has 1 heterocycles. The minimum atomic E-state index is -0.721. The van der Waals surface area contributed by atoms with Gasteiger partial charge in [0, 0.05) is 10.8 Å². The lowest BCUT2D eigenvalue weighted by Crippen LogP contribution is -2.15. The van der Waals surface area contributed by atoms with Crippen LogP contribution in [0.15, 0.2) is 48.5 Å². The van der Waals surface area contributed by atoms with E-state index in [0.717, 1.165) is 20.2 Å². The Morgan fingerprint density at radius 2 is 1.62 bits per heavy atom. The third-order valence-corrected chi connectivity index (χ3v) is 5.47. The van der Waals surface area contributed by atoms with Crippen LogP contribution >= 0.6 is 10.5 Å². The van der Waals surface area contributed by atoms with Crippen LogP contribution in [0.5, 0.6) is 0 Å². The van der Waals surface area contributed by atoms with Gasteiger partial charge in [0.2, 0.25) is 0 Å². The quantitative estimate of drug-likeness (QED) is 0.243. The van der Waals surface area contributed by atoms with Crippen molar-refractivity contribution in [1.82, 2.24) is 0 Å². The maximum absolute atomic E-state index is 12.1. The van der Waals surface area contributed by atoms with E-state index in [1.165, 1.54) is 0 Å². The summed E-state index contributed by atoms with van der Waals surface area (Å²) in [6, 6.07) is 15.7. The van der Waals surface area contributed by atoms with Gasteiger partial charge in [0.15, 0.2) is 9.40 Å². The molecule has 0 bridgehead atoms. The summed E-state index contributed by atoms with van der Waals surface area (Å²) in [5.41, 5.74) is 9.33. The second-order valence-electron chi connectivity index (χ2n) is 4.42. The van der Waals surface area contributed by atoms with Crippen LogP contribution < -0.4 is 0 Å². The number of hydrogen-bond donors (Lipinski definition) is 0. The molecule has 0 unspecified atom stereocenters. The number of benzene rings is 2. The van der Waals surface area contributed by atoms with Gasteiger partial charge < -0.3 is 10.3 Å². The molecule has 4 nitrogen and oxygen atoms in total. The predicted molar refractivity (Wildman–Crippen MR) is 84.6 cm³/mol. The van der Waals surface area contributed by atoms with Crippen molar-refractivity contribution in [3.05, 3.63) is 54.1 Å². The molecule has 3 rings (SSSR count). The summed E-state index contributed by atoms with van der Waals surface area (Å²) in [5, 5.41) is 2.19. The highest BCUT2D eigenvalue weighted by molar-refractivity contribution is 7.63. The first-order chi connectivity index (χ1) is 10.3. The van der Waals surface area contributed by atoms with Crippen molar-refractivity contribution in [3.8, 4) is 0 Å². The predicted octanol–water partition coefficient (Wildman–Crippen LogP) is 3.78. The van der Waals surface area contributed by atoms with Crippen LogP contribution in [0.2, 0.25) is 0 Å². The fourth-order valence-corrected chi connectivity index (χ4v) is 4.60. The van der Waals surface area contributed by atoms with Gasteiger partial charge in [-0.2, -0.15) is 0 Å². The summed E-state index contributed by atoms with van der Waals surface area (Å²) in [6.45, 7) is 1.98. The van der Waals surface area contributed by atoms with Crippen LogP contribution in [-0.4, -0.2) is 22.4 Å². The van der Waals surface area contributed by atoms with Crippen LogP contribution in [0, 0.1) is 0 Å². The molecule has 104 valence electrons. The Morgan fingerprint density at radius 1 is 1.10 bits per heavy atom. The monoisotopic (exact) mass is 297 g/mol. The first kappa shape index (κ1) is 13.5. The highest BCUT2D eigenvalue weighted by atomic mass is 32.2. The Bertz CT molecular complexity index is 838. The molecular weight excluding hydrogens is 284 g/mol. The van der Waals surface area contributed by atoms with Gasteiger partial charge in [0.25, 0.3) is 0 Å². The van der Waals surface area contributed by atoms with E-state index in [-0.39, 0.29) is 11.7 Å². The van der Waals surface area contributed by atoms with Crippen molar-refractivity contribution in [2.45, 2.75) is 6.92 Å². The molecule has 0 aliphatic heterocycles. The first-order valence-electron chi connectivity index (χ1n) is 6.59. The molecule has 2 aromatic carbocycles. The highest BCUT2D eigenvalue weighted by Crippen LogP contribution is 2.42. The Hall–Kier alpha value is -2.49. The maximum Gasteiger partial charge on any atom is 0.597 e. The zero-order valence-corrected chi connectivity index (χ0v) is 12.3. The molecule has 0 N–H and O–H groups in total. The number of ether oxygens (including phenoxy) is 1. The van der Waals surface area contributed by atoms with Crippen molar-refractivity contribution >= 4 is 41.7 Å². The number of carbonyl (C=O) groups excluding carboxylic acids is 1. The Kier molecular flexibility index (Phi) is 3.52. The van der Waals surface area contributed by atoms with Crippen LogP contribution in [-0.2, 0) is 9.53 Å².